The van der Waals surface area contributed by atoms with E-state index in [1.54, 1.807) is 4.90 Å². The lowest BCUT2D eigenvalue weighted by atomic mass is 9.77. The summed E-state index contributed by atoms with van der Waals surface area (Å²) in [5.74, 6) is -0.132. The lowest BCUT2D eigenvalue weighted by Gasteiger charge is -2.28. The molecule has 1 unspecified atom stereocenters. The van der Waals surface area contributed by atoms with E-state index in [0.29, 0.717) is 12.5 Å². The normalized spacial score (nSPS) is 20.7. The van der Waals surface area contributed by atoms with Crippen molar-refractivity contribution >= 4 is 23.4 Å². The van der Waals surface area contributed by atoms with Crippen LogP contribution in [0.2, 0.25) is 0 Å². The summed E-state index contributed by atoms with van der Waals surface area (Å²) in [6.07, 6.45) is 7.01. The monoisotopic (exact) mass is 496 g/mol. The third kappa shape index (κ3) is 6.06. The molecule has 1 atom stereocenters. The SMILES string of the molecule is CCCCC(C)Oc1nc(N)c2c(n1)OCCN(c1ccc(C3CCC(CC(=O)O)CC3)cc1)C2=O. The van der Waals surface area contributed by atoms with Gasteiger partial charge in [-0.15, -0.1) is 0 Å². The zero-order chi connectivity index (χ0) is 25.7. The number of nitrogens with two attached hydrogens (primary N) is 1. The van der Waals surface area contributed by atoms with Crippen molar-refractivity contribution in [3.05, 3.63) is 35.4 Å². The minimum Gasteiger partial charge on any atom is -0.481 e. The van der Waals surface area contributed by atoms with Gasteiger partial charge in [0, 0.05) is 12.1 Å². The Kier molecular flexibility index (Phi) is 8.28. The molecule has 1 fully saturated rings. The van der Waals surface area contributed by atoms with E-state index >= 15 is 0 Å². The molecule has 1 saturated carbocycles. The van der Waals surface area contributed by atoms with Gasteiger partial charge in [-0.3, -0.25) is 9.59 Å². The fraction of sp³-hybridized carbons (Fsp3) is 0.556. The molecule has 0 saturated heterocycles. The van der Waals surface area contributed by atoms with Crippen molar-refractivity contribution in [1.82, 2.24) is 9.97 Å². The fourth-order valence-corrected chi connectivity index (χ4v) is 5.11. The Morgan fingerprint density at radius 3 is 2.61 bits per heavy atom. The third-order valence-electron chi connectivity index (χ3n) is 7.15. The molecule has 36 heavy (non-hydrogen) atoms. The number of amides is 1. The number of hydrogen-bond acceptors (Lipinski definition) is 7. The maximum absolute atomic E-state index is 13.4. The first-order chi connectivity index (χ1) is 17.4. The average Bonchev–Trinajstić information content (AvgIpc) is 3.01. The number of fused-ring (bicyclic) bond motifs is 1. The lowest BCUT2D eigenvalue weighted by Crippen LogP contribution is -2.32. The average molecular weight is 497 g/mol. The van der Waals surface area contributed by atoms with Gasteiger partial charge in [0.2, 0.25) is 5.88 Å². The lowest BCUT2D eigenvalue weighted by molar-refractivity contribution is -0.138. The molecule has 1 aromatic carbocycles. The molecule has 3 N–H and O–H groups in total. The van der Waals surface area contributed by atoms with Gasteiger partial charge < -0.3 is 25.2 Å². The van der Waals surface area contributed by atoms with Crippen LogP contribution in [0.25, 0.3) is 0 Å². The molecule has 1 amide bonds. The summed E-state index contributed by atoms with van der Waals surface area (Å²) in [4.78, 5) is 34.6. The van der Waals surface area contributed by atoms with E-state index < -0.39 is 5.97 Å². The molecule has 1 aliphatic carbocycles. The predicted octanol–water partition coefficient (Wildman–Crippen LogP) is 4.80. The van der Waals surface area contributed by atoms with Crippen molar-refractivity contribution in [3.8, 4) is 11.9 Å². The van der Waals surface area contributed by atoms with E-state index in [-0.39, 0.29) is 54.2 Å². The second-order valence-corrected chi connectivity index (χ2v) is 9.85. The third-order valence-corrected chi connectivity index (χ3v) is 7.15. The van der Waals surface area contributed by atoms with Crippen molar-refractivity contribution < 1.29 is 24.2 Å². The van der Waals surface area contributed by atoms with Gasteiger partial charge in [-0.1, -0.05) is 31.9 Å². The van der Waals surface area contributed by atoms with Crippen LogP contribution in [0.15, 0.2) is 24.3 Å². The number of aliphatic carboxylic acids is 1. The Labute approximate surface area is 212 Å². The number of anilines is 2. The number of rotatable bonds is 9. The minimum atomic E-state index is -0.716. The van der Waals surface area contributed by atoms with Crippen molar-refractivity contribution in [3.63, 3.8) is 0 Å². The van der Waals surface area contributed by atoms with Crippen molar-refractivity contribution in [1.29, 1.82) is 0 Å². The number of hydrogen-bond donors (Lipinski definition) is 2. The van der Waals surface area contributed by atoms with Gasteiger partial charge in [-0.05, 0) is 68.6 Å². The highest BCUT2D eigenvalue weighted by molar-refractivity contribution is 6.10. The Bertz CT molecular complexity index is 1070. The molecule has 9 nitrogen and oxygen atoms in total. The van der Waals surface area contributed by atoms with Gasteiger partial charge in [-0.2, -0.15) is 9.97 Å². The first-order valence-corrected chi connectivity index (χ1v) is 13.0. The standard InChI is InChI=1S/C27H36N4O5/c1-3-4-5-17(2)36-27-29-24(28)23-25(30-27)35-15-14-31(26(23)34)21-12-10-20(11-13-21)19-8-6-18(7-9-19)16-22(32)33/h10-13,17-19H,3-9,14-16H2,1-2H3,(H,32,33)(H2,28,29,30). The number of carbonyl (C=O) groups is 2. The van der Waals surface area contributed by atoms with Crippen LogP contribution in [-0.2, 0) is 4.79 Å². The Morgan fingerprint density at radius 1 is 1.22 bits per heavy atom. The number of unbranched alkanes of at least 4 members (excludes halogenated alkanes) is 1. The second-order valence-electron chi connectivity index (χ2n) is 9.85. The molecule has 194 valence electrons. The van der Waals surface area contributed by atoms with E-state index in [4.69, 9.17) is 20.3 Å². The number of benzene rings is 1. The van der Waals surface area contributed by atoms with Gasteiger partial charge >= 0.3 is 12.0 Å². The molecule has 1 aromatic heterocycles. The molecule has 2 aliphatic rings. The highest BCUT2D eigenvalue weighted by atomic mass is 16.5. The van der Waals surface area contributed by atoms with E-state index in [9.17, 15) is 9.59 Å². The Hall–Kier alpha value is -3.36. The number of ether oxygens (including phenoxy) is 2. The summed E-state index contributed by atoms with van der Waals surface area (Å²) in [5, 5.41) is 9.04. The number of nitrogens with zero attached hydrogens (tertiary/aromatic N) is 3. The Morgan fingerprint density at radius 2 is 1.94 bits per heavy atom. The largest absolute Gasteiger partial charge is 0.481 e. The van der Waals surface area contributed by atoms with Gasteiger partial charge in [0.1, 0.15) is 18.0 Å². The van der Waals surface area contributed by atoms with Crippen molar-refractivity contribution in [2.75, 3.05) is 23.8 Å². The molecule has 1 aliphatic heterocycles. The second kappa shape index (κ2) is 11.6. The molecule has 2 heterocycles. The number of carboxylic acids is 1. The van der Waals surface area contributed by atoms with E-state index in [2.05, 4.69) is 29.0 Å². The van der Waals surface area contributed by atoms with Crippen molar-refractivity contribution in [2.24, 2.45) is 5.92 Å². The first kappa shape index (κ1) is 25.7. The van der Waals surface area contributed by atoms with Crippen LogP contribution in [0.1, 0.15) is 87.1 Å². The number of carbonyl (C=O) groups excluding carboxylic acids is 1. The van der Waals surface area contributed by atoms with Gasteiger partial charge in [0.15, 0.2) is 0 Å². The Balaban J connectivity index is 1.45. The van der Waals surface area contributed by atoms with E-state index in [1.807, 2.05) is 19.1 Å². The van der Waals surface area contributed by atoms with E-state index in [1.165, 1.54) is 5.56 Å². The molecule has 4 rings (SSSR count). The first-order valence-electron chi connectivity index (χ1n) is 13.0. The van der Waals surface area contributed by atoms with Crippen LogP contribution >= 0.6 is 0 Å². The highest BCUT2D eigenvalue weighted by Gasteiger charge is 2.31. The van der Waals surface area contributed by atoms with E-state index in [0.717, 1.165) is 50.6 Å². The summed E-state index contributed by atoms with van der Waals surface area (Å²) < 4.78 is 11.6. The number of aromatic nitrogens is 2. The number of nitrogen functional groups attached to an aromatic ring is 1. The number of carboxylic acid groups (broad SMARTS) is 1. The summed E-state index contributed by atoms with van der Waals surface area (Å²) in [5.41, 5.74) is 8.31. The maximum atomic E-state index is 13.4. The minimum absolute atomic E-state index is 0.0457. The summed E-state index contributed by atoms with van der Waals surface area (Å²) in [7, 11) is 0. The molecular weight excluding hydrogens is 460 g/mol. The molecule has 9 heteroatoms. The van der Waals surface area contributed by atoms with Crippen LogP contribution in [-0.4, -0.2) is 46.2 Å². The topological polar surface area (TPSA) is 128 Å². The van der Waals surface area contributed by atoms with Crippen molar-refractivity contribution in [2.45, 2.75) is 77.2 Å². The zero-order valence-corrected chi connectivity index (χ0v) is 21.1. The molecule has 2 aromatic rings. The predicted molar refractivity (Wildman–Crippen MR) is 137 cm³/mol. The fourth-order valence-electron chi connectivity index (χ4n) is 5.11. The molecule has 0 spiro atoms. The van der Waals surface area contributed by atoms with Crippen LogP contribution in [0.5, 0.6) is 11.9 Å². The van der Waals surface area contributed by atoms with Gasteiger partial charge in [-0.25, -0.2) is 0 Å². The van der Waals surface area contributed by atoms with Gasteiger partial charge in [0.25, 0.3) is 5.91 Å². The quantitative estimate of drug-likeness (QED) is 0.506. The zero-order valence-electron chi connectivity index (χ0n) is 21.1. The van der Waals surface area contributed by atoms with Crippen LogP contribution < -0.4 is 20.1 Å². The highest BCUT2D eigenvalue weighted by Crippen LogP contribution is 2.38. The van der Waals surface area contributed by atoms with Crippen LogP contribution in [0, 0.1) is 5.92 Å². The summed E-state index contributed by atoms with van der Waals surface area (Å²) >= 11 is 0. The smallest absolute Gasteiger partial charge is 0.322 e. The molecular formula is C27H36N4O5. The summed E-state index contributed by atoms with van der Waals surface area (Å²) in [6.45, 7) is 4.71. The molecule has 0 radical (unpaired) electrons. The van der Waals surface area contributed by atoms with Gasteiger partial charge in [0.05, 0.1) is 12.6 Å². The maximum Gasteiger partial charge on any atom is 0.322 e. The summed E-state index contributed by atoms with van der Waals surface area (Å²) in [6, 6.07) is 8.15. The molecule has 0 bridgehead atoms. The van der Waals surface area contributed by atoms with Crippen LogP contribution in [0.4, 0.5) is 11.5 Å². The van der Waals surface area contributed by atoms with Crippen LogP contribution in [0.3, 0.4) is 0 Å².